The summed E-state index contributed by atoms with van der Waals surface area (Å²) in [7, 11) is 0. The number of hydrogen-bond acceptors (Lipinski definition) is 4. The second-order valence-electron chi connectivity index (χ2n) is 7.94. The second-order valence-corrected chi connectivity index (χ2v) is 7.94. The zero-order valence-corrected chi connectivity index (χ0v) is 17.7. The van der Waals surface area contributed by atoms with Gasteiger partial charge in [0.15, 0.2) is 0 Å². The molecular formula is C19H36ClN3O4. The molecule has 0 spiro atoms. The van der Waals surface area contributed by atoms with E-state index in [0.717, 1.165) is 19.3 Å². The molecule has 0 aromatic rings. The molecule has 1 fully saturated rings. The van der Waals surface area contributed by atoms with Gasteiger partial charge in [-0.3, -0.25) is 9.59 Å². The summed E-state index contributed by atoms with van der Waals surface area (Å²) in [5.74, 6) is -1.09. The first kappa shape index (κ1) is 25.7. The fourth-order valence-corrected chi connectivity index (χ4v) is 3.29. The van der Waals surface area contributed by atoms with E-state index in [9.17, 15) is 19.5 Å². The summed E-state index contributed by atoms with van der Waals surface area (Å²) in [5, 5.41) is 14.8. The molecular weight excluding hydrogens is 370 g/mol. The fraction of sp³-hybridized carbons (Fsp3) is 0.842. The van der Waals surface area contributed by atoms with Crippen LogP contribution >= 0.6 is 12.4 Å². The lowest BCUT2D eigenvalue weighted by Gasteiger charge is -2.29. The first-order chi connectivity index (χ1) is 12.2. The van der Waals surface area contributed by atoms with Gasteiger partial charge in [-0.15, -0.1) is 12.4 Å². The minimum Gasteiger partial charge on any atom is -0.480 e. The Balaban J connectivity index is 0.00000676. The maximum atomic E-state index is 12.3. The van der Waals surface area contributed by atoms with Crippen molar-refractivity contribution in [3.05, 3.63) is 0 Å². The number of carboxylic acid groups (broad SMARTS) is 1. The number of amides is 2. The Kier molecular flexibility index (Phi) is 11.6. The van der Waals surface area contributed by atoms with Gasteiger partial charge in [0, 0.05) is 12.5 Å². The number of nitrogens with two attached hydrogens (primary N) is 1. The highest BCUT2D eigenvalue weighted by Crippen LogP contribution is 2.28. The Morgan fingerprint density at radius 2 is 1.67 bits per heavy atom. The van der Waals surface area contributed by atoms with Crippen molar-refractivity contribution in [2.24, 2.45) is 29.4 Å². The third kappa shape index (κ3) is 8.05. The number of aliphatic carboxylic acids is 1. The highest BCUT2D eigenvalue weighted by atomic mass is 35.5. The summed E-state index contributed by atoms with van der Waals surface area (Å²) in [6, 6.07) is -1.33. The highest BCUT2D eigenvalue weighted by molar-refractivity contribution is 5.85. The Hall–Kier alpha value is -1.34. The predicted molar refractivity (Wildman–Crippen MR) is 108 cm³/mol. The van der Waals surface area contributed by atoms with Gasteiger partial charge in [0.05, 0.1) is 6.04 Å². The van der Waals surface area contributed by atoms with Gasteiger partial charge in [-0.2, -0.15) is 0 Å². The second kappa shape index (κ2) is 12.2. The van der Waals surface area contributed by atoms with Gasteiger partial charge in [0.2, 0.25) is 11.8 Å². The average Bonchev–Trinajstić information content (AvgIpc) is 2.62. The number of rotatable bonds is 9. The summed E-state index contributed by atoms with van der Waals surface area (Å²) < 4.78 is 0. The molecule has 1 aliphatic rings. The minimum atomic E-state index is -0.998. The van der Waals surface area contributed by atoms with Crippen molar-refractivity contribution in [1.29, 1.82) is 0 Å². The highest BCUT2D eigenvalue weighted by Gasteiger charge is 2.31. The van der Waals surface area contributed by atoms with E-state index in [0.29, 0.717) is 25.3 Å². The normalized spacial score (nSPS) is 22.9. The number of carbonyl (C=O) groups is 3. The molecule has 0 aromatic heterocycles. The van der Waals surface area contributed by atoms with E-state index in [4.69, 9.17) is 5.73 Å². The molecule has 0 aromatic carbocycles. The van der Waals surface area contributed by atoms with Gasteiger partial charge in [-0.05, 0) is 43.4 Å². The molecule has 158 valence electrons. The van der Waals surface area contributed by atoms with Crippen LogP contribution in [0.4, 0.5) is 0 Å². The SMILES string of the molecule is CCC(C)[C@H](N)C(=O)NCC1CCC(C(=O)N[C@@H](C(=O)O)C(C)C)CC1.Cl. The standard InChI is InChI=1S/C19H35N3O4.ClH/c1-5-12(4)15(20)18(24)21-10-13-6-8-14(9-7-13)17(23)22-16(11(2)3)19(25)26;/h11-16H,5-10,20H2,1-4H3,(H,21,24)(H,22,23)(H,25,26);1H/t12?,13?,14?,15-,16+;/m0./s1. The van der Waals surface area contributed by atoms with Crippen molar-refractivity contribution in [3.63, 3.8) is 0 Å². The molecule has 1 saturated carbocycles. The quantitative estimate of drug-likeness (QED) is 0.467. The van der Waals surface area contributed by atoms with Crippen LogP contribution in [0.25, 0.3) is 0 Å². The summed E-state index contributed by atoms with van der Waals surface area (Å²) in [5.41, 5.74) is 5.93. The van der Waals surface area contributed by atoms with E-state index in [2.05, 4.69) is 10.6 Å². The van der Waals surface area contributed by atoms with Crippen LogP contribution in [0.1, 0.15) is 59.8 Å². The van der Waals surface area contributed by atoms with Gasteiger partial charge < -0.3 is 21.5 Å². The first-order valence-electron chi connectivity index (χ1n) is 9.73. The molecule has 5 N–H and O–H groups in total. The first-order valence-corrected chi connectivity index (χ1v) is 9.73. The van der Waals surface area contributed by atoms with Crippen molar-refractivity contribution < 1.29 is 19.5 Å². The van der Waals surface area contributed by atoms with Crippen LogP contribution in [0.3, 0.4) is 0 Å². The molecule has 1 rings (SSSR count). The largest absolute Gasteiger partial charge is 0.480 e. The molecule has 8 heteroatoms. The molecule has 27 heavy (non-hydrogen) atoms. The maximum Gasteiger partial charge on any atom is 0.326 e. The lowest BCUT2D eigenvalue weighted by Crippen LogP contribution is -2.48. The fourth-order valence-electron chi connectivity index (χ4n) is 3.29. The molecule has 2 amide bonds. The maximum absolute atomic E-state index is 12.3. The molecule has 0 radical (unpaired) electrons. The van der Waals surface area contributed by atoms with Crippen molar-refractivity contribution >= 4 is 30.2 Å². The van der Waals surface area contributed by atoms with Crippen LogP contribution in [0, 0.1) is 23.7 Å². The average molecular weight is 406 g/mol. The molecule has 3 atom stereocenters. The van der Waals surface area contributed by atoms with Crippen molar-refractivity contribution in [2.75, 3.05) is 6.54 Å². The summed E-state index contributed by atoms with van der Waals surface area (Å²) in [6.45, 7) is 8.13. The number of hydrogen-bond donors (Lipinski definition) is 4. The van der Waals surface area contributed by atoms with Crippen molar-refractivity contribution in [2.45, 2.75) is 71.9 Å². The topological polar surface area (TPSA) is 122 Å². The molecule has 0 bridgehead atoms. The number of halogens is 1. The Bertz CT molecular complexity index is 493. The molecule has 7 nitrogen and oxygen atoms in total. The Morgan fingerprint density at radius 3 is 2.11 bits per heavy atom. The van der Waals surface area contributed by atoms with E-state index in [1.54, 1.807) is 13.8 Å². The summed E-state index contributed by atoms with van der Waals surface area (Å²) in [6.07, 6.45) is 3.98. The Labute approximate surface area is 168 Å². The minimum absolute atomic E-state index is 0. The summed E-state index contributed by atoms with van der Waals surface area (Å²) >= 11 is 0. The summed E-state index contributed by atoms with van der Waals surface area (Å²) in [4.78, 5) is 35.6. The number of carboxylic acids is 1. The van der Waals surface area contributed by atoms with E-state index < -0.39 is 18.1 Å². The van der Waals surface area contributed by atoms with Crippen LogP contribution < -0.4 is 16.4 Å². The molecule has 0 saturated heterocycles. The van der Waals surface area contributed by atoms with Crippen LogP contribution in [0.2, 0.25) is 0 Å². The third-order valence-electron chi connectivity index (χ3n) is 5.57. The van der Waals surface area contributed by atoms with Crippen LogP contribution in [-0.2, 0) is 14.4 Å². The zero-order chi connectivity index (χ0) is 19.9. The van der Waals surface area contributed by atoms with E-state index >= 15 is 0 Å². The van der Waals surface area contributed by atoms with Gasteiger partial charge >= 0.3 is 5.97 Å². The monoisotopic (exact) mass is 405 g/mol. The van der Waals surface area contributed by atoms with Crippen LogP contribution in [-0.4, -0.2) is 41.5 Å². The third-order valence-corrected chi connectivity index (χ3v) is 5.57. The molecule has 0 heterocycles. The lowest BCUT2D eigenvalue weighted by atomic mass is 9.81. The number of carbonyl (C=O) groups excluding carboxylic acids is 2. The zero-order valence-electron chi connectivity index (χ0n) is 16.9. The van der Waals surface area contributed by atoms with E-state index in [1.807, 2.05) is 13.8 Å². The van der Waals surface area contributed by atoms with Gasteiger partial charge in [0.1, 0.15) is 6.04 Å². The van der Waals surface area contributed by atoms with Crippen LogP contribution in [0.5, 0.6) is 0 Å². The van der Waals surface area contributed by atoms with E-state index in [1.165, 1.54) is 0 Å². The number of nitrogens with one attached hydrogen (secondary N) is 2. The predicted octanol–water partition coefficient (Wildman–Crippen LogP) is 1.93. The smallest absolute Gasteiger partial charge is 0.326 e. The van der Waals surface area contributed by atoms with Crippen molar-refractivity contribution in [1.82, 2.24) is 10.6 Å². The lowest BCUT2D eigenvalue weighted by molar-refractivity contribution is -0.144. The molecule has 0 aliphatic heterocycles. The van der Waals surface area contributed by atoms with Crippen molar-refractivity contribution in [3.8, 4) is 0 Å². The molecule has 1 unspecified atom stereocenters. The van der Waals surface area contributed by atoms with Gasteiger partial charge in [-0.1, -0.05) is 34.1 Å². The van der Waals surface area contributed by atoms with Gasteiger partial charge in [-0.25, -0.2) is 4.79 Å². The van der Waals surface area contributed by atoms with E-state index in [-0.39, 0.29) is 42.0 Å². The Morgan fingerprint density at radius 1 is 1.11 bits per heavy atom. The molecule has 1 aliphatic carbocycles. The van der Waals surface area contributed by atoms with Gasteiger partial charge in [0.25, 0.3) is 0 Å². The van der Waals surface area contributed by atoms with Crippen LogP contribution in [0.15, 0.2) is 0 Å².